The molecule has 0 fully saturated rings. The maximum atomic E-state index is 15.2. The van der Waals surface area contributed by atoms with Crippen LogP contribution in [0.2, 0.25) is 0 Å². The highest BCUT2D eigenvalue weighted by Gasteiger charge is 2.40. The van der Waals surface area contributed by atoms with Gasteiger partial charge < -0.3 is 9.13 Å². The van der Waals surface area contributed by atoms with Crippen LogP contribution in [0, 0.1) is 0 Å². The Labute approximate surface area is 343 Å². The summed E-state index contributed by atoms with van der Waals surface area (Å²) >= 11 is 0. The Hall–Kier alpha value is -4.96. The standard InChI is InChI=1S/C54H60N2O2/c1-49(2,3)29-17-19-41-37(23-29)53(13,14)39-25-31(51(7,8)9)21-35-45(39)55(41)43-28-44-34(27-33(43)47(35)57)48(58)36-22-32(52(10,11)12)26-40-46(36)56(44)42-20-18-30(50(4,5)6)24-38(42)54(40,15)16/h17-28H,1-16H3. The van der Waals surface area contributed by atoms with Crippen LogP contribution in [-0.2, 0) is 32.5 Å². The van der Waals surface area contributed by atoms with Gasteiger partial charge in [-0.3, -0.25) is 9.59 Å². The molecule has 298 valence electrons. The highest BCUT2D eigenvalue weighted by molar-refractivity contribution is 6.08. The maximum absolute atomic E-state index is 15.2. The minimum Gasteiger partial charge on any atom is -0.308 e. The molecule has 0 saturated heterocycles. The van der Waals surface area contributed by atoms with Crippen molar-refractivity contribution in [1.82, 2.24) is 9.13 Å². The first-order chi connectivity index (χ1) is 26.6. The molecule has 7 aromatic rings. The fourth-order valence-electron chi connectivity index (χ4n) is 9.94. The predicted molar refractivity (Wildman–Crippen MR) is 247 cm³/mol. The van der Waals surface area contributed by atoms with Crippen molar-refractivity contribution in [3.8, 4) is 11.4 Å². The molecule has 4 nitrogen and oxygen atoms in total. The minimum atomic E-state index is -0.374. The van der Waals surface area contributed by atoms with Crippen LogP contribution in [-0.4, -0.2) is 9.13 Å². The van der Waals surface area contributed by atoms with E-state index < -0.39 is 0 Å². The van der Waals surface area contributed by atoms with Gasteiger partial charge in [0.05, 0.1) is 33.4 Å². The van der Waals surface area contributed by atoms with Crippen molar-refractivity contribution in [3.63, 3.8) is 0 Å². The third-order valence-corrected chi connectivity index (χ3v) is 13.9. The predicted octanol–water partition coefficient (Wildman–Crippen LogP) is 13.1. The zero-order valence-electron chi connectivity index (χ0n) is 37.6. The van der Waals surface area contributed by atoms with Gasteiger partial charge in [-0.25, -0.2) is 0 Å². The third-order valence-electron chi connectivity index (χ3n) is 13.9. The largest absolute Gasteiger partial charge is 0.308 e. The number of hydrogen-bond acceptors (Lipinski definition) is 2. The second kappa shape index (κ2) is 11.4. The number of fused-ring (bicyclic) bond motifs is 8. The lowest BCUT2D eigenvalue weighted by molar-refractivity contribution is 0.572. The van der Waals surface area contributed by atoms with E-state index in [0.717, 1.165) is 55.7 Å². The quantitative estimate of drug-likeness (QED) is 0.144. The molecule has 58 heavy (non-hydrogen) atoms. The van der Waals surface area contributed by atoms with Gasteiger partial charge in [0.1, 0.15) is 0 Å². The lowest BCUT2D eigenvalue weighted by Crippen LogP contribution is -2.31. The van der Waals surface area contributed by atoms with Gasteiger partial charge in [0, 0.05) is 32.4 Å². The van der Waals surface area contributed by atoms with Crippen LogP contribution in [0.3, 0.4) is 0 Å². The Morgan fingerprint density at radius 2 is 0.707 bits per heavy atom. The van der Waals surface area contributed by atoms with E-state index in [1.54, 1.807) is 0 Å². The van der Waals surface area contributed by atoms with Crippen LogP contribution >= 0.6 is 0 Å². The van der Waals surface area contributed by atoms with Gasteiger partial charge in [0.15, 0.2) is 10.9 Å². The molecule has 0 saturated carbocycles. The Morgan fingerprint density at radius 1 is 0.379 bits per heavy atom. The molecule has 0 atom stereocenters. The molecule has 0 spiro atoms. The first kappa shape index (κ1) is 38.6. The van der Waals surface area contributed by atoms with Gasteiger partial charge in [-0.2, -0.15) is 0 Å². The Bertz CT molecular complexity index is 2910. The summed E-state index contributed by atoms with van der Waals surface area (Å²) < 4.78 is 4.70. The molecular formula is C54H60N2O2. The number of benzene rings is 5. The van der Waals surface area contributed by atoms with Gasteiger partial charge in [-0.05, 0) is 103 Å². The third kappa shape index (κ3) is 5.18. The lowest BCUT2D eigenvalue weighted by Gasteiger charge is -2.39. The van der Waals surface area contributed by atoms with Gasteiger partial charge >= 0.3 is 0 Å². The molecule has 4 heterocycles. The van der Waals surface area contributed by atoms with Crippen LogP contribution in [0.25, 0.3) is 55.0 Å². The van der Waals surface area contributed by atoms with E-state index in [1.807, 2.05) is 6.07 Å². The fourth-order valence-corrected chi connectivity index (χ4v) is 9.94. The van der Waals surface area contributed by atoms with Crippen LogP contribution in [0.5, 0.6) is 0 Å². The summed E-state index contributed by atoms with van der Waals surface area (Å²) in [6, 6.07) is 26.9. The molecule has 0 N–H and O–H groups in total. The second-order valence-electron chi connectivity index (χ2n) is 22.8. The summed E-state index contributed by atoms with van der Waals surface area (Å²) in [5.41, 5.74) is 14.1. The summed E-state index contributed by atoms with van der Waals surface area (Å²) in [7, 11) is 0. The first-order valence-corrected chi connectivity index (χ1v) is 21.2. The highest BCUT2D eigenvalue weighted by Crippen LogP contribution is 2.50. The number of hydrogen-bond donors (Lipinski definition) is 0. The van der Waals surface area contributed by atoms with Crippen LogP contribution in [0.4, 0.5) is 0 Å². The van der Waals surface area contributed by atoms with E-state index in [9.17, 15) is 0 Å². The van der Waals surface area contributed by atoms with Crippen LogP contribution < -0.4 is 10.9 Å². The Kier molecular flexibility index (Phi) is 7.58. The second-order valence-corrected chi connectivity index (χ2v) is 22.8. The smallest absolute Gasteiger partial charge is 0.197 e. The average molecular weight is 769 g/mol. The van der Waals surface area contributed by atoms with Crippen molar-refractivity contribution >= 4 is 43.6 Å². The molecule has 0 aliphatic carbocycles. The summed E-state index contributed by atoms with van der Waals surface area (Å²) in [6.07, 6.45) is 0. The number of rotatable bonds is 0. The maximum Gasteiger partial charge on any atom is 0.197 e. The molecule has 0 bridgehead atoms. The summed E-state index contributed by atoms with van der Waals surface area (Å²) in [5.74, 6) is 0. The molecule has 2 aliphatic heterocycles. The Morgan fingerprint density at radius 3 is 1.03 bits per heavy atom. The molecule has 0 amide bonds. The molecule has 9 rings (SSSR count). The van der Waals surface area contributed by atoms with E-state index in [-0.39, 0.29) is 43.3 Å². The van der Waals surface area contributed by atoms with Crippen molar-refractivity contribution in [2.24, 2.45) is 0 Å². The normalized spacial score (nSPS) is 16.0. The number of nitrogens with zero attached hydrogens (tertiary/aromatic N) is 2. The highest BCUT2D eigenvalue weighted by atomic mass is 16.1. The van der Waals surface area contributed by atoms with Crippen molar-refractivity contribution in [2.75, 3.05) is 0 Å². The lowest BCUT2D eigenvalue weighted by atomic mass is 9.70. The fraction of sp³-hybridized carbons (Fsp3) is 0.407. The minimum absolute atomic E-state index is 0.0281. The molecule has 0 radical (unpaired) electrons. The molecular weight excluding hydrogens is 709 g/mol. The topological polar surface area (TPSA) is 44.0 Å². The van der Waals surface area contributed by atoms with Gasteiger partial charge in [-0.1, -0.05) is 147 Å². The van der Waals surface area contributed by atoms with Crippen molar-refractivity contribution < 1.29 is 0 Å². The van der Waals surface area contributed by atoms with Gasteiger partial charge in [0.2, 0.25) is 0 Å². The molecule has 2 aliphatic rings. The first-order valence-electron chi connectivity index (χ1n) is 21.2. The zero-order chi connectivity index (χ0) is 42.2. The van der Waals surface area contributed by atoms with E-state index in [2.05, 4.69) is 187 Å². The molecule has 4 heteroatoms. The zero-order valence-corrected chi connectivity index (χ0v) is 37.6. The molecule has 5 aromatic carbocycles. The Balaban J connectivity index is 1.54. The van der Waals surface area contributed by atoms with Crippen LogP contribution in [0.1, 0.15) is 155 Å². The number of aromatic nitrogens is 2. The monoisotopic (exact) mass is 768 g/mol. The molecule has 2 aromatic heterocycles. The SMILES string of the molecule is CC(C)(C)c1ccc2c(c1)C(C)(C)c1cc(C(C)(C)C)cc3c(=O)c4cc5c(=O)c6cc(C(C)(C)C)cc7c6n(c5cc4n-2c13)-c1ccc(C(C)(C)C)cc1C7(C)C. The number of pyridine rings is 2. The summed E-state index contributed by atoms with van der Waals surface area (Å²) in [4.78, 5) is 30.5. The average Bonchev–Trinajstić information content (AvgIpc) is 3.11. The van der Waals surface area contributed by atoms with Crippen LogP contribution in [0.15, 0.2) is 82.4 Å². The van der Waals surface area contributed by atoms with Gasteiger partial charge in [0.25, 0.3) is 0 Å². The summed E-state index contributed by atoms with van der Waals surface area (Å²) in [5, 5.41) is 2.54. The summed E-state index contributed by atoms with van der Waals surface area (Å²) in [6.45, 7) is 36.2. The van der Waals surface area contributed by atoms with E-state index in [1.165, 1.54) is 22.3 Å². The van der Waals surface area contributed by atoms with Crippen molar-refractivity contribution in [1.29, 1.82) is 0 Å². The molecule has 0 unspecified atom stereocenters. The van der Waals surface area contributed by atoms with Crippen molar-refractivity contribution in [3.05, 3.63) is 138 Å². The van der Waals surface area contributed by atoms with E-state index >= 15 is 9.59 Å². The van der Waals surface area contributed by atoms with Gasteiger partial charge in [-0.15, -0.1) is 0 Å². The van der Waals surface area contributed by atoms with E-state index in [4.69, 9.17) is 0 Å². The van der Waals surface area contributed by atoms with E-state index in [0.29, 0.717) is 21.5 Å². The van der Waals surface area contributed by atoms with Crippen molar-refractivity contribution in [2.45, 2.75) is 143 Å².